The molecule has 0 bridgehead atoms. The minimum absolute atomic E-state index is 0.361. The van der Waals surface area contributed by atoms with Crippen LogP contribution in [0.15, 0.2) is 24.3 Å². The highest BCUT2D eigenvalue weighted by atomic mass is 19.1. The van der Waals surface area contributed by atoms with Crippen molar-refractivity contribution in [2.24, 2.45) is 0 Å². The lowest BCUT2D eigenvalue weighted by Crippen LogP contribution is -2.05. The van der Waals surface area contributed by atoms with E-state index < -0.39 is 0 Å². The summed E-state index contributed by atoms with van der Waals surface area (Å²) < 4.78 is 13.3. The predicted molar refractivity (Wildman–Crippen MR) is 59.4 cm³/mol. The van der Waals surface area contributed by atoms with Crippen molar-refractivity contribution >= 4 is 12.4 Å². The van der Waals surface area contributed by atoms with E-state index in [0.717, 1.165) is 13.0 Å². The van der Waals surface area contributed by atoms with Crippen molar-refractivity contribution in [2.45, 2.75) is 6.42 Å². The molecule has 1 aromatic rings. The third-order valence-electron chi connectivity index (χ3n) is 2.06. The van der Waals surface area contributed by atoms with Crippen LogP contribution in [0.3, 0.4) is 0 Å². The Bertz CT molecular complexity index is 361. The van der Waals surface area contributed by atoms with Gasteiger partial charge in [-0.25, -0.2) is 4.39 Å². The molecule has 0 aliphatic carbocycles. The molecule has 0 unspecified atom stereocenters. The molecule has 0 saturated heterocycles. The second kappa shape index (κ2) is 6.09. The van der Waals surface area contributed by atoms with Crippen LogP contribution in [0.1, 0.15) is 22.3 Å². The first kappa shape index (κ1) is 11.6. The molecule has 0 saturated carbocycles. The summed E-state index contributed by atoms with van der Waals surface area (Å²) in [5, 5.41) is 2.98. The zero-order valence-electron chi connectivity index (χ0n) is 8.66. The minimum atomic E-state index is -0.361. The molecule has 0 fully saturated rings. The third-order valence-corrected chi connectivity index (χ3v) is 2.06. The van der Waals surface area contributed by atoms with E-state index in [4.69, 9.17) is 0 Å². The van der Waals surface area contributed by atoms with E-state index in [-0.39, 0.29) is 5.82 Å². The van der Waals surface area contributed by atoms with Crippen LogP contribution >= 0.6 is 0 Å². The molecule has 0 aliphatic heterocycles. The Morgan fingerprint density at radius 1 is 1.47 bits per heavy atom. The van der Waals surface area contributed by atoms with Gasteiger partial charge in [0.15, 0.2) is 6.29 Å². The van der Waals surface area contributed by atoms with Crippen LogP contribution in [0.25, 0.3) is 6.08 Å². The summed E-state index contributed by atoms with van der Waals surface area (Å²) in [6.45, 7) is 0.835. The van der Waals surface area contributed by atoms with E-state index in [1.807, 2.05) is 13.1 Å². The summed E-state index contributed by atoms with van der Waals surface area (Å²) >= 11 is 0. The lowest BCUT2D eigenvalue weighted by Gasteiger charge is -2.00. The fourth-order valence-corrected chi connectivity index (χ4v) is 1.26. The van der Waals surface area contributed by atoms with Crippen molar-refractivity contribution < 1.29 is 9.18 Å². The van der Waals surface area contributed by atoms with Crippen LogP contribution < -0.4 is 5.32 Å². The van der Waals surface area contributed by atoms with Gasteiger partial charge in [0.1, 0.15) is 5.82 Å². The molecule has 80 valence electrons. The Morgan fingerprint density at radius 2 is 2.27 bits per heavy atom. The van der Waals surface area contributed by atoms with Crippen LogP contribution in [-0.2, 0) is 0 Å². The normalized spacial score (nSPS) is 10.8. The van der Waals surface area contributed by atoms with Crippen LogP contribution in [0, 0.1) is 5.82 Å². The van der Waals surface area contributed by atoms with Gasteiger partial charge in [0.05, 0.1) is 0 Å². The largest absolute Gasteiger partial charge is 0.319 e. The first-order valence-electron chi connectivity index (χ1n) is 4.84. The van der Waals surface area contributed by atoms with Gasteiger partial charge in [-0.15, -0.1) is 0 Å². The molecule has 1 N–H and O–H groups in total. The SMILES string of the molecule is CNCCC=Cc1c(F)cccc1C=O. The molecular weight excluding hydrogens is 193 g/mol. The second-order valence-corrected chi connectivity index (χ2v) is 3.16. The molecule has 15 heavy (non-hydrogen) atoms. The highest BCUT2D eigenvalue weighted by Gasteiger charge is 2.03. The van der Waals surface area contributed by atoms with Gasteiger partial charge in [-0.1, -0.05) is 24.3 Å². The van der Waals surface area contributed by atoms with Crippen molar-refractivity contribution in [1.82, 2.24) is 5.32 Å². The monoisotopic (exact) mass is 207 g/mol. The number of rotatable bonds is 5. The van der Waals surface area contributed by atoms with E-state index in [9.17, 15) is 9.18 Å². The predicted octanol–water partition coefficient (Wildman–Crippen LogP) is 2.26. The molecule has 2 nitrogen and oxygen atoms in total. The van der Waals surface area contributed by atoms with Gasteiger partial charge in [0.2, 0.25) is 0 Å². The quantitative estimate of drug-likeness (QED) is 0.592. The van der Waals surface area contributed by atoms with Crippen LogP contribution in [0.2, 0.25) is 0 Å². The number of benzene rings is 1. The number of carbonyl (C=O) groups is 1. The van der Waals surface area contributed by atoms with Gasteiger partial charge in [-0.3, -0.25) is 4.79 Å². The Labute approximate surface area is 88.8 Å². The zero-order valence-corrected chi connectivity index (χ0v) is 8.66. The maximum Gasteiger partial charge on any atom is 0.150 e. The summed E-state index contributed by atoms with van der Waals surface area (Å²) in [6.07, 6.45) is 4.97. The van der Waals surface area contributed by atoms with Crippen LogP contribution in [-0.4, -0.2) is 19.9 Å². The fourth-order valence-electron chi connectivity index (χ4n) is 1.26. The second-order valence-electron chi connectivity index (χ2n) is 3.16. The summed E-state index contributed by atoms with van der Waals surface area (Å²) in [5.74, 6) is -0.361. The van der Waals surface area contributed by atoms with Crippen LogP contribution in [0.4, 0.5) is 4.39 Å². The molecule has 0 radical (unpaired) electrons. The summed E-state index contributed by atoms with van der Waals surface area (Å²) in [7, 11) is 1.85. The van der Waals surface area contributed by atoms with E-state index in [1.54, 1.807) is 12.1 Å². The van der Waals surface area contributed by atoms with Crippen molar-refractivity contribution in [3.63, 3.8) is 0 Å². The molecule has 0 aromatic heterocycles. The number of carbonyl (C=O) groups excluding carboxylic acids is 1. The summed E-state index contributed by atoms with van der Waals surface area (Å²) in [5.41, 5.74) is 0.749. The number of nitrogens with one attached hydrogen (secondary N) is 1. The van der Waals surface area contributed by atoms with Gasteiger partial charge < -0.3 is 5.32 Å². The number of hydrogen-bond donors (Lipinski definition) is 1. The smallest absolute Gasteiger partial charge is 0.150 e. The Balaban J connectivity index is 2.82. The average molecular weight is 207 g/mol. The lowest BCUT2D eigenvalue weighted by molar-refractivity contribution is 0.112. The molecule has 0 amide bonds. The van der Waals surface area contributed by atoms with Gasteiger partial charge in [-0.2, -0.15) is 0 Å². The van der Waals surface area contributed by atoms with E-state index >= 15 is 0 Å². The van der Waals surface area contributed by atoms with Gasteiger partial charge in [0.25, 0.3) is 0 Å². The van der Waals surface area contributed by atoms with E-state index in [1.165, 1.54) is 12.1 Å². The molecule has 0 heterocycles. The zero-order chi connectivity index (χ0) is 11.1. The highest BCUT2D eigenvalue weighted by molar-refractivity contribution is 5.81. The molecule has 0 aliphatic rings. The number of aldehydes is 1. The van der Waals surface area contributed by atoms with Crippen LogP contribution in [0.5, 0.6) is 0 Å². The van der Waals surface area contributed by atoms with Gasteiger partial charge in [0, 0.05) is 11.1 Å². The fraction of sp³-hybridized carbons (Fsp3) is 0.250. The summed E-state index contributed by atoms with van der Waals surface area (Å²) in [6, 6.07) is 4.49. The minimum Gasteiger partial charge on any atom is -0.319 e. The molecule has 0 spiro atoms. The Hall–Kier alpha value is -1.48. The molecule has 1 aromatic carbocycles. The Morgan fingerprint density at radius 3 is 2.93 bits per heavy atom. The highest BCUT2D eigenvalue weighted by Crippen LogP contribution is 2.13. The topological polar surface area (TPSA) is 29.1 Å². The first-order valence-corrected chi connectivity index (χ1v) is 4.84. The Kier molecular flexibility index (Phi) is 4.71. The van der Waals surface area contributed by atoms with Gasteiger partial charge in [-0.05, 0) is 26.1 Å². The van der Waals surface area contributed by atoms with Crippen molar-refractivity contribution in [3.8, 4) is 0 Å². The third kappa shape index (κ3) is 3.29. The number of hydrogen-bond acceptors (Lipinski definition) is 2. The van der Waals surface area contributed by atoms with E-state index in [2.05, 4.69) is 5.32 Å². The molecule has 0 atom stereocenters. The summed E-state index contributed by atoms with van der Waals surface area (Å²) in [4.78, 5) is 10.7. The van der Waals surface area contributed by atoms with Crippen molar-refractivity contribution in [1.29, 1.82) is 0 Å². The van der Waals surface area contributed by atoms with Gasteiger partial charge >= 0.3 is 0 Å². The molecule has 3 heteroatoms. The maximum absolute atomic E-state index is 13.3. The maximum atomic E-state index is 13.3. The van der Waals surface area contributed by atoms with E-state index in [0.29, 0.717) is 17.4 Å². The number of halogens is 1. The molecular formula is C12H14FNO. The first-order chi connectivity index (χ1) is 7.29. The van der Waals surface area contributed by atoms with Crippen molar-refractivity contribution in [2.75, 3.05) is 13.6 Å². The standard InChI is InChI=1S/C12H14FNO/c1-14-8-3-2-6-11-10(9-15)5-4-7-12(11)13/h2,4-7,9,14H,3,8H2,1H3. The molecule has 1 rings (SSSR count). The van der Waals surface area contributed by atoms with Crippen molar-refractivity contribution in [3.05, 3.63) is 41.2 Å². The lowest BCUT2D eigenvalue weighted by atomic mass is 10.1. The average Bonchev–Trinajstić information content (AvgIpc) is 2.26.